The standard InChI is InChI=1S/C14H13ClFNO2/c1-8(9-4-11(18)7-12(19)5-9)17-14-6-10(16)2-3-13(14)15/h2-8,17-19H,1H3. The third-order valence-electron chi connectivity index (χ3n) is 2.73. The Morgan fingerprint density at radius 3 is 2.37 bits per heavy atom. The molecule has 100 valence electrons. The second-order valence-electron chi connectivity index (χ2n) is 4.27. The number of halogens is 2. The van der Waals surface area contributed by atoms with Crippen molar-refractivity contribution < 1.29 is 14.6 Å². The smallest absolute Gasteiger partial charge is 0.125 e. The van der Waals surface area contributed by atoms with E-state index in [9.17, 15) is 14.6 Å². The van der Waals surface area contributed by atoms with Gasteiger partial charge in [-0.2, -0.15) is 0 Å². The molecule has 1 atom stereocenters. The van der Waals surface area contributed by atoms with Gasteiger partial charge in [0.15, 0.2) is 0 Å². The van der Waals surface area contributed by atoms with Gasteiger partial charge in [-0.15, -0.1) is 0 Å². The van der Waals surface area contributed by atoms with Crippen molar-refractivity contribution in [2.24, 2.45) is 0 Å². The topological polar surface area (TPSA) is 52.5 Å². The van der Waals surface area contributed by atoms with E-state index in [2.05, 4.69) is 5.32 Å². The molecule has 0 spiro atoms. The number of aromatic hydroxyl groups is 2. The van der Waals surface area contributed by atoms with Crippen LogP contribution in [0.4, 0.5) is 10.1 Å². The Kier molecular flexibility index (Phi) is 3.81. The number of hydrogen-bond donors (Lipinski definition) is 3. The predicted molar refractivity (Wildman–Crippen MR) is 73.2 cm³/mol. The molecule has 3 N–H and O–H groups in total. The molecule has 0 bridgehead atoms. The van der Waals surface area contributed by atoms with Crippen molar-refractivity contribution in [2.75, 3.05) is 5.32 Å². The van der Waals surface area contributed by atoms with Crippen LogP contribution in [0.2, 0.25) is 5.02 Å². The maximum atomic E-state index is 13.1. The fourth-order valence-electron chi connectivity index (χ4n) is 1.79. The molecule has 0 amide bonds. The van der Waals surface area contributed by atoms with Gasteiger partial charge in [0.2, 0.25) is 0 Å². The first-order valence-electron chi connectivity index (χ1n) is 5.70. The molecule has 0 fully saturated rings. The van der Waals surface area contributed by atoms with Crippen LogP contribution in [0.3, 0.4) is 0 Å². The summed E-state index contributed by atoms with van der Waals surface area (Å²) in [5.41, 5.74) is 1.12. The molecule has 2 aromatic carbocycles. The zero-order valence-electron chi connectivity index (χ0n) is 10.2. The number of hydrogen-bond acceptors (Lipinski definition) is 3. The molecule has 0 aliphatic rings. The Morgan fingerprint density at radius 2 is 1.74 bits per heavy atom. The van der Waals surface area contributed by atoms with E-state index >= 15 is 0 Å². The summed E-state index contributed by atoms with van der Waals surface area (Å²) >= 11 is 5.96. The Labute approximate surface area is 115 Å². The Hall–Kier alpha value is -1.94. The number of benzene rings is 2. The first-order chi connectivity index (χ1) is 8.95. The van der Waals surface area contributed by atoms with Gasteiger partial charge in [-0.1, -0.05) is 11.6 Å². The third kappa shape index (κ3) is 3.29. The number of anilines is 1. The van der Waals surface area contributed by atoms with Gasteiger partial charge in [0.05, 0.1) is 10.7 Å². The number of nitrogens with one attached hydrogen (secondary N) is 1. The van der Waals surface area contributed by atoms with Crippen LogP contribution in [0.15, 0.2) is 36.4 Å². The molecule has 1 unspecified atom stereocenters. The fourth-order valence-corrected chi connectivity index (χ4v) is 1.96. The number of phenols is 2. The van der Waals surface area contributed by atoms with Crippen LogP contribution in [0.25, 0.3) is 0 Å². The third-order valence-corrected chi connectivity index (χ3v) is 3.05. The summed E-state index contributed by atoms with van der Waals surface area (Å²) in [4.78, 5) is 0. The van der Waals surface area contributed by atoms with Crippen LogP contribution in [-0.4, -0.2) is 10.2 Å². The lowest BCUT2D eigenvalue weighted by atomic mass is 10.1. The largest absolute Gasteiger partial charge is 0.508 e. The lowest BCUT2D eigenvalue weighted by molar-refractivity contribution is 0.448. The van der Waals surface area contributed by atoms with Gasteiger partial charge in [0.1, 0.15) is 17.3 Å². The number of phenolic OH excluding ortho intramolecular Hbond substituents is 2. The lowest BCUT2D eigenvalue weighted by Gasteiger charge is -2.17. The quantitative estimate of drug-likeness (QED) is 0.795. The maximum Gasteiger partial charge on any atom is 0.125 e. The molecule has 5 heteroatoms. The van der Waals surface area contributed by atoms with E-state index in [0.29, 0.717) is 16.3 Å². The van der Waals surface area contributed by atoms with Gasteiger partial charge in [0.25, 0.3) is 0 Å². The molecule has 0 heterocycles. The minimum atomic E-state index is -0.391. The van der Waals surface area contributed by atoms with Gasteiger partial charge in [-0.3, -0.25) is 0 Å². The maximum absolute atomic E-state index is 13.1. The first kappa shape index (κ1) is 13.5. The van der Waals surface area contributed by atoms with Crippen LogP contribution in [0.5, 0.6) is 11.5 Å². The summed E-state index contributed by atoms with van der Waals surface area (Å²) in [7, 11) is 0. The fraction of sp³-hybridized carbons (Fsp3) is 0.143. The van der Waals surface area contributed by atoms with Gasteiger partial charge < -0.3 is 15.5 Å². The average molecular weight is 282 g/mol. The highest BCUT2D eigenvalue weighted by atomic mass is 35.5. The Morgan fingerprint density at radius 1 is 1.11 bits per heavy atom. The first-order valence-corrected chi connectivity index (χ1v) is 6.08. The monoisotopic (exact) mass is 281 g/mol. The second-order valence-corrected chi connectivity index (χ2v) is 4.68. The number of rotatable bonds is 3. The Bertz CT molecular complexity index is 584. The normalized spacial score (nSPS) is 12.2. The van der Waals surface area contributed by atoms with Crippen LogP contribution >= 0.6 is 11.6 Å². The van der Waals surface area contributed by atoms with Crippen molar-refractivity contribution in [2.45, 2.75) is 13.0 Å². The van der Waals surface area contributed by atoms with E-state index < -0.39 is 5.82 Å². The van der Waals surface area contributed by atoms with E-state index in [1.165, 1.54) is 36.4 Å². The van der Waals surface area contributed by atoms with Crippen molar-refractivity contribution in [3.05, 3.63) is 52.8 Å². The van der Waals surface area contributed by atoms with E-state index in [-0.39, 0.29) is 17.5 Å². The zero-order chi connectivity index (χ0) is 14.0. The minimum absolute atomic E-state index is 0.0333. The lowest BCUT2D eigenvalue weighted by Crippen LogP contribution is -2.07. The van der Waals surface area contributed by atoms with Crippen molar-refractivity contribution >= 4 is 17.3 Å². The molecular weight excluding hydrogens is 269 g/mol. The van der Waals surface area contributed by atoms with Crippen molar-refractivity contribution in [1.29, 1.82) is 0 Å². The zero-order valence-corrected chi connectivity index (χ0v) is 10.9. The molecule has 0 radical (unpaired) electrons. The summed E-state index contributed by atoms with van der Waals surface area (Å²) in [5, 5.41) is 22.3. The second kappa shape index (κ2) is 5.36. The van der Waals surface area contributed by atoms with Crippen LogP contribution in [0, 0.1) is 5.82 Å². The van der Waals surface area contributed by atoms with Crippen molar-refractivity contribution in [1.82, 2.24) is 0 Å². The SMILES string of the molecule is CC(Nc1cc(F)ccc1Cl)c1cc(O)cc(O)c1. The molecule has 2 aromatic rings. The van der Waals surface area contributed by atoms with Gasteiger partial charge >= 0.3 is 0 Å². The molecule has 2 rings (SSSR count). The molecule has 0 aromatic heterocycles. The molecule has 3 nitrogen and oxygen atoms in total. The van der Waals surface area contributed by atoms with Gasteiger partial charge in [-0.05, 0) is 42.8 Å². The van der Waals surface area contributed by atoms with E-state index in [1.807, 2.05) is 6.92 Å². The van der Waals surface area contributed by atoms with Crippen molar-refractivity contribution in [3.63, 3.8) is 0 Å². The highest BCUT2D eigenvalue weighted by Crippen LogP contribution is 2.30. The summed E-state index contributed by atoms with van der Waals surface area (Å²) in [6.45, 7) is 1.81. The molecule has 0 saturated heterocycles. The highest BCUT2D eigenvalue weighted by Gasteiger charge is 2.10. The molecular formula is C14H13ClFNO2. The summed E-state index contributed by atoms with van der Waals surface area (Å²) < 4.78 is 13.1. The van der Waals surface area contributed by atoms with Crippen LogP contribution in [0.1, 0.15) is 18.5 Å². The summed E-state index contributed by atoms with van der Waals surface area (Å²) in [5.74, 6) is -0.458. The molecule has 19 heavy (non-hydrogen) atoms. The van der Waals surface area contributed by atoms with E-state index in [0.717, 1.165) is 0 Å². The Balaban J connectivity index is 2.25. The van der Waals surface area contributed by atoms with Gasteiger partial charge in [-0.25, -0.2) is 4.39 Å². The van der Waals surface area contributed by atoms with Gasteiger partial charge in [0, 0.05) is 12.1 Å². The average Bonchev–Trinajstić information content (AvgIpc) is 2.32. The minimum Gasteiger partial charge on any atom is -0.508 e. The molecule has 0 aliphatic carbocycles. The molecule has 0 aliphatic heterocycles. The van der Waals surface area contributed by atoms with E-state index in [1.54, 1.807) is 0 Å². The summed E-state index contributed by atoms with van der Waals surface area (Å²) in [6, 6.07) is 8.06. The predicted octanol–water partition coefficient (Wildman–Crippen LogP) is 4.06. The summed E-state index contributed by atoms with van der Waals surface area (Å²) in [6.07, 6.45) is 0. The van der Waals surface area contributed by atoms with Crippen LogP contribution < -0.4 is 5.32 Å². The van der Waals surface area contributed by atoms with E-state index in [4.69, 9.17) is 11.6 Å². The van der Waals surface area contributed by atoms with Crippen molar-refractivity contribution in [3.8, 4) is 11.5 Å². The highest BCUT2D eigenvalue weighted by molar-refractivity contribution is 6.33. The molecule has 0 saturated carbocycles. The van der Waals surface area contributed by atoms with Crippen LogP contribution in [-0.2, 0) is 0 Å².